The van der Waals surface area contributed by atoms with Gasteiger partial charge in [-0.2, -0.15) is 0 Å². The van der Waals surface area contributed by atoms with Gasteiger partial charge in [-0.3, -0.25) is 0 Å². The maximum Gasteiger partial charge on any atom is 0.183 e. The summed E-state index contributed by atoms with van der Waals surface area (Å²) in [6.45, 7) is 1.77. The molecule has 0 aliphatic carbocycles. The van der Waals surface area contributed by atoms with Crippen LogP contribution in [-0.2, 0) is 25.6 Å². The molecule has 0 saturated carbocycles. The molecule has 5 heteroatoms. The van der Waals surface area contributed by atoms with Crippen LogP contribution in [-0.4, -0.2) is 51.5 Å². The minimum atomic E-state index is -0.977. The summed E-state index contributed by atoms with van der Waals surface area (Å²) in [6, 6.07) is 9.95. The molecule has 1 rings (SSSR count). The summed E-state index contributed by atoms with van der Waals surface area (Å²) in [4.78, 5) is 0. The van der Waals surface area contributed by atoms with Crippen molar-refractivity contribution in [2.24, 2.45) is 0 Å². The zero-order chi connectivity index (χ0) is 13.9. The smallest absolute Gasteiger partial charge is 0.183 e. The second kappa shape index (κ2) is 9.89. The summed E-state index contributed by atoms with van der Waals surface area (Å²) in [5.74, 6) is 0. The summed E-state index contributed by atoms with van der Waals surface area (Å²) in [5, 5.41) is 9.41. The number of aliphatic hydroxyl groups is 1. The summed E-state index contributed by atoms with van der Waals surface area (Å²) < 4.78 is 20.6. The van der Waals surface area contributed by atoms with E-state index in [9.17, 15) is 5.11 Å². The number of benzene rings is 1. The maximum absolute atomic E-state index is 9.41. The molecule has 0 aromatic heterocycles. The predicted octanol–water partition coefficient (Wildman–Crippen LogP) is 1.20. The molecule has 2 atom stereocenters. The van der Waals surface area contributed by atoms with Crippen molar-refractivity contribution in [3.05, 3.63) is 35.9 Å². The van der Waals surface area contributed by atoms with E-state index in [0.717, 1.165) is 5.56 Å². The second-order valence-corrected chi connectivity index (χ2v) is 4.01. The molecule has 0 fully saturated rings. The van der Waals surface area contributed by atoms with Crippen LogP contribution in [0.3, 0.4) is 0 Å². The molecule has 0 aliphatic rings. The molecule has 0 amide bonds. The molecule has 0 bridgehead atoms. The van der Waals surface area contributed by atoms with Crippen LogP contribution < -0.4 is 0 Å². The highest BCUT2D eigenvalue weighted by Crippen LogP contribution is 2.02. The Labute approximate surface area is 114 Å². The molecule has 1 aromatic carbocycles. The van der Waals surface area contributed by atoms with Crippen LogP contribution in [0, 0.1) is 0 Å². The first-order valence-electron chi connectivity index (χ1n) is 6.21. The van der Waals surface area contributed by atoms with Crippen LogP contribution in [0.5, 0.6) is 0 Å². The van der Waals surface area contributed by atoms with E-state index in [1.54, 1.807) is 0 Å². The fraction of sp³-hybridized carbons (Fsp3) is 0.571. The Balaban J connectivity index is 2.05. The molecule has 108 valence electrons. The van der Waals surface area contributed by atoms with E-state index < -0.39 is 12.4 Å². The lowest BCUT2D eigenvalue weighted by molar-refractivity contribution is -0.172. The van der Waals surface area contributed by atoms with Gasteiger partial charge in [-0.1, -0.05) is 30.3 Å². The summed E-state index contributed by atoms with van der Waals surface area (Å²) >= 11 is 0. The van der Waals surface area contributed by atoms with Crippen molar-refractivity contribution < 1.29 is 24.1 Å². The molecular formula is C14H22O5. The highest BCUT2D eigenvalue weighted by Gasteiger charge is 2.17. The Morgan fingerprint density at radius 1 is 1.00 bits per heavy atom. The number of rotatable bonds is 10. The van der Waals surface area contributed by atoms with Gasteiger partial charge in [0.15, 0.2) is 6.29 Å². The molecule has 1 aromatic rings. The summed E-state index contributed by atoms with van der Waals surface area (Å²) in [7, 11) is 2.92. The van der Waals surface area contributed by atoms with Gasteiger partial charge < -0.3 is 24.1 Å². The summed E-state index contributed by atoms with van der Waals surface area (Å²) in [6.07, 6.45) is -1.46. The van der Waals surface area contributed by atoms with Crippen molar-refractivity contribution in [1.82, 2.24) is 0 Å². The van der Waals surface area contributed by atoms with Crippen molar-refractivity contribution in [2.75, 3.05) is 34.0 Å². The lowest BCUT2D eigenvalue weighted by Crippen LogP contribution is -2.34. The average molecular weight is 270 g/mol. The largest absolute Gasteiger partial charge is 0.376 e. The van der Waals surface area contributed by atoms with Gasteiger partial charge in [0.1, 0.15) is 6.10 Å². The number of hydrogen-bond acceptors (Lipinski definition) is 5. The topological polar surface area (TPSA) is 57.2 Å². The van der Waals surface area contributed by atoms with E-state index in [0.29, 0.717) is 19.8 Å². The van der Waals surface area contributed by atoms with Gasteiger partial charge in [-0.15, -0.1) is 0 Å². The van der Waals surface area contributed by atoms with Crippen molar-refractivity contribution in [1.29, 1.82) is 0 Å². The molecule has 19 heavy (non-hydrogen) atoms. The fourth-order valence-electron chi connectivity index (χ4n) is 1.50. The maximum atomic E-state index is 9.41. The molecule has 0 radical (unpaired) electrons. The minimum Gasteiger partial charge on any atom is -0.376 e. The summed E-state index contributed by atoms with van der Waals surface area (Å²) in [5.41, 5.74) is 1.13. The lowest BCUT2D eigenvalue weighted by atomic mass is 10.2. The third-order valence-corrected chi connectivity index (χ3v) is 2.63. The Hall–Kier alpha value is -0.980. The molecule has 2 unspecified atom stereocenters. The van der Waals surface area contributed by atoms with Crippen LogP contribution >= 0.6 is 0 Å². The monoisotopic (exact) mass is 270 g/mol. The van der Waals surface area contributed by atoms with Crippen LogP contribution in [0.1, 0.15) is 5.56 Å². The Morgan fingerprint density at radius 3 is 2.32 bits per heavy atom. The minimum absolute atomic E-state index is 0.264. The van der Waals surface area contributed by atoms with Crippen LogP contribution in [0.4, 0.5) is 0 Å². The highest BCUT2D eigenvalue weighted by molar-refractivity contribution is 5.13. The van der Waals surface area contributed by atoms with Gasteiger partial charge >= 0.3 is 0 Å². The normalized spacial score (nSPS) is 14.3. The van der Waals surface area contributed by atoms with E-state index in [-0.39, 0.29) is 6.61 Å². The van der Waals surface area contributed by atoms with Crippen LogP contribution in [0.25, 0.3) is 0 Å². The van der Waals surface area contributed by atoms with Gasteiger partial charge in [0, 0.05) is 14.2 Å². The van der Waals surface area contributed by atoms with Gasteiger partial charge in [0.05, 0.1) is 26.4 Å². The van der Waals surface area contributed by atoms with Gasteiger partial charge in [0.25, 0.3) is 0 Å². The average Bonchev–Trinajstić information content (AvgIpc) is 2.47. The highest BCUT2D eigenvalue weighted by atomic mass is 16.6. The van der Waals surface area contributed by atoms with Crippen molar-refractivity contribution in [3.63, 3.8) is 0 Å². The van der Waals surface area contributed by atoms with E-state index in [2.05, 4.69) is 0 Å². The number of aliphatic hydroxyl groups excluding tert-OH is 1. The molecular weight excluding hydrogens is 248 g/mol. The zero-order valence-electron chi connectivity index (χ0n) is 11.5. The van der Waals surface area contributed by atoms with E-state index in [4.69, 9.17) is 18.9 Å². The molecule has 0 heterocycles. The van der Waals surface area contributed by atoms with E-state index >= 15 is 0 Å². The van der Waals surface area contributed by atoms with E-state index in [1.165, 1.54) is 14.2 Å². The standard InChI is InChI=1S/C14H22O5/c1-16-13(14(15)17-2)11-19-9-8-18-10-12-6-4-3-5-7-12/h3-7,13-15H,8-11H2,1-2H3. The molecule has 0 spiro atoms. The number of ether oxygens (including phenoxy) is 4. The van der Waals surface area contributed by atoms with Crippen molar-refractivity contribution in [2.45, 2.75) is 19.0 Å². The Morgan fingerprint density at radius 2 is 1.68 bits per heavy atom. The van der Waals surface area contributed by atoms with Crippen LogP contribution in [0.2, 0.25) is 0 Å². The van der Waals surface area contributed by atoms with Crippen molar-refractivity contribution in [3.8, 4) is 0 Å². The first kappa shape index (κ1) is 16.1. The SMILES string of the molecule is COC(O)C(COCCOCc1ccccc1)OC. The third kappa shape index (κ3) is 6.66. The Bertz CT molecular complexity index is 317. The van der Waals surface area contributed by atoms with Gasteiger partial charge in [0.2, 0.25) is 0 Å². The molecule has 0 aliphatic heterocycles. The van der Waals surface area contributed by atoms with Gasteiger partial charge in [-0.25, -0.2) is 0 Å². The first-order chi connectivity index (χ1) is 9.27. The van der Waals surface area contributed by atoms with Crippen LogP contribution in [0.15, 0.2) is 30.3 Å². The lowest BCUT2D eigenvalue weighted by Gasteiger charge is -2.19. The Kier molecular flexibility index (Phi) is 8.36. The van der Waals surface area contributed by atoms with E-state index in [1.807, 2.05) is 30.3 Å². The number of methoxy groups -OCH3 is 2. The third-order valence-electron chi connectivity index (χ3n) is 2.63. The molecule has 0 saturated heterocycles. The predicted molar refractivity (Wildman–Crippen MR) is 70.7 cm³/mol. The van der Waals surface area contributed by atoms with Crippen molar-refractivity contribution >= 4 is 0 Å². The zero-order valence-corrected chi connectivity index (χ0v) is 11.5. The molecule has 1 N–H and O–H groups in total. The first-order valence-corrected chi connectivity index (χ1v) is 6.21. The van der Waals surface area contributed by atoms with Gasteiger partial charge in [-0.05, 0) is 5.56 Å². The molecule has 5 nitrogen and oxygen atoms in total. The quantitative estimate of drug-likeness (QED) is 0.511. The fourth-order valence-corrected chi connectivity index (χ4v) is 1.50. The second-order valence-electron chi connectivity index (χ2n) is 4.01. The number of hydrogen-bond donors (Lipinski definition) is 1.